The van der Waals surface area contributed by atoms with Gasteiger partial charge in [-0.25, -0.2) is 9.97 Å². The largest absolute Gasteiger partial charge is 0.319 e. The summed E-state index contributed by atoms with van der Waals surface area (Å²) in [4.78, 5) is 39.0. The molecule has 7 nitrogen and oxygen atoms in total. The van der Waals surface area contributed by atoms with Gasteiger partial charge in [0.15, 0.2) is 5.13 Å². The zero-order chi connectivity index (χ0) is 22.8. The molecular weight excluding hydrogens is 434 g/mol. The van der Waals surface area contributed by atoms with E-state index in [9.17, 15) is 9.59 Å². The van der Waals surface area contributed by atoms with E-state index >= 15 is 0 Å². The summed E-state index contributed by atoms with van der Waals surface area (Å²) in [6.45, 7) is 5.58. The SMILES string of the molecule is CC1CCN(Cc2ccc3nc(NC(=O)CCc4nc5ccccc5[nH]c4=O)sc3c2)CC1. The molecule has 1 fully saturated rings. The van der Waals surface area contributed by atoms with E-state index in [2.05, 4.69) is 44.2 Å². The molecule has 0 aliphatic carbocycles. The van der Waals surface area contributed by atoms with E-state index < -0.39 is 0 Å². The Labute approximate surface area is 195 Å². The lowest BCUT2D eigenvalue weighted by Gasteiger charge is -2.30. The number of nitrogens with zero attached hydrogens (tertiary/aromatic N) is 3. The lowest BCUT2D eigenvalue weighted by molar-refractivity contribution is -0.116. The quantitative estimate of drug-likeness (QED) is 0.446. The maximum Gasteiger partial charge on any atom is 0.270 e. The number of aromatic amines is 1. The molecule has 1 aliphatic rings. The van der Waals surface area contributed by atoms with E-state index in [1.807, 2.05) is 30.3 Å². The number of aryl methyl sites for hydroxylation is 1. The summed E-state index contributed by atoms with van der Waals surface area (Å²) in [5.74, 6) is 0.651. The third kappa shape index (κ3) is 5.12. The zero-order valence-corrected chi connectivity index (χ0v) is 19.5. The number of piperidine rings is 1. The van der Waals surface area contributed by atoms with Crippen molar-refractivity contribution in [2.24, 2.45) is 5.92 Å². The first-order valence-corrected chi connectivity index (χ1v) is 12.2. The van der Waals surface area contributed by atoms with Crippen molar-refractivity contribution in [1.82, 2.24) is 19.9 Å². The van der Waals surface area contributed by atoms with Crippen LogP contribution in [-0.4, -0.2) is 38.8 Å². The van der Waals surface area contributed by atoms with Crippen molar-refractivity contribution in [3.05, 3.63) is 64.1 Å². The number of thiazole rings is 1. The number of amides is 1. The van der Waals surface area contributed by atoms with Gasteiger partial charge in [-0.3, -0.25) is 14.5 Å². The monoisotopic (exact) mass is 461 g/mol. The Bertz CT molecular complexity index is 1350. The number of H-pyrrole nitrogens is 1. The van der Waals surface area contributed by atoms with Crippen LogP contribution in [0, 0.1) is 5.92 Å². The molecule has 0 unspecified atom stereocenters. The predicted octanol–water partition coefficient (Wildman–Crippen LogP) is 4.34. The molecule has 0 atom stereocenters. The maximum absolute atomic E-state index is 12.5. The second-order valence-electron chi connectivity index (χ2n) is 8.86. The number of carbonyl (C=O) groups excluding carboxylic acids is 1. The van der Waals surface area contributed by atoms with Crippen LogP contribution in [0.5, 0.6) is 0 Å². The van der Waals surface area contributed by atoms with Crippen molar-refractivity contribution in [3.63, 3.8) is 0 Å². The normalized spacial score (nSPS) is 15.3. The van der Waals surface area contributed by atoms with Crippen LogP contribution in [0.25, 0.3) is 21.3 Å². The Morgan fingerprint density at radius 3 is 2.82 bits per heavy atom. The van der Waals surface area contributed by atoms with Gasteiger partial charge >= 0.3 is 0 Å². The molecule has 2 N–H and O–H groups in total. The number of carbonyl (C=O) groups is 1. The fourth-order valence-electron chi connectivity index (χ4n) is 4.25. The number of anilines is 1. The Balaban J connectivity index is 1.21. The van der Waals surface area contributed by atoms with Gasteiger partial charge in [-0.05, 0) is 61.7 Å². The summed E-state index contributed by atoms with van der Waals surface area (Å²) in [5, 5.41) is 3.46. The molecule has 0 radical (unpaired) electrons. The molecule has 0 saturated carbocycles. The van der Waals surface area contributed by atoms with E-state index in [0.29, 0.717) is 21.9 Å². The van der Waals surface area contributed by atoms with Gasteiger partial charge < -0.3 is 10.3 Å². The number of hydrogen-bond donors (Lipinski definition) is 2. The van der Waals surface area contributed by atoms with Crippen molar-refractivity contribution in [2.45, 2.75) is 39.2 Å². The number of benzene rings is 2. The first kappa shape index (κ1) is 21.7. The second kappa shape index (κ2) is 9.41. The number of fused-ring (bicyclic) bond motifs is 2. The molecule has 2 aromatic heterocycles. The molecular formula is C25H27N5O2S. The van der Waals surface area contributed by atoms with Crippen LogP contribution in [0.1, 0.15) is 37.4 Å². The van der Waals surface area contributed by atoms with Crippen molar-refractivity contribution in [1.29, 1.82) is 0 Å². The molecule has 33 heavy (non-hydrogen) atoms. The van der Waals surface area contributed by atoms with Gasteiger partial charge in [-0.2, -0.15) is 0 Å². The van der Waals surface area contributed by atoms with Crippen LogP contribution in [0.4, 0.5) is 5.13 Å². The van der Waals surface area contributed by atoms with Crippen LogP contribution in [0.3, 0.4) is 0 Å². The second-order valence-corrected chi connectivity index (χ2v) is 9.89. The molecule has 1 saturated heterocycles. The summed E-state index contributed by atoms with van der Waals surface area (Å²) in [5.41, 5.74) is 3.69. The summed E-state index contributed by atoms with van der Waals surface area (Å²) in [6.07, 6.45) is 2.97. The predicted molar refractivity (Wildman–Crippen MR) is 133 cm³/mol. The minimum atomic E-state index is -0.253. The summed E-state index contributed by atoms with van der Waals surface area (Å²) in [6, 6.07) is 13.7. The van der Waals surface area contributed by atoms with Gasteiger partial charge in [-0.1, -0.05) is 36.5 Å². The molecule has 0 bridgehead atoms. The summed E-state index contributed by atoms with van der Waals surface area (Å²) in [7, 11) is 0. The zero-order valence-electron chi connectivity index (χ0n) is 18.6. The van der Waals surface area contributed by atoms with Crippen LogP contribution >= 0.6 is 11.3 Å². The van der Waals surface area contributed by atoms with Crippen LogP contribution < -0.4 is 10.9 Å². The Hall–Kier alpha value is -3.10. The van der Waals surface area contributed by atoms with Gasteiger partial charge in [0.1, 0.15) is 5.69 Å². The number of para-hydroxylation sites is 2. The van der Waals surface area contributed by atoms with E-state index in [1.54, 1.807) is 0 Å². The molecule has 1 aliphatic heterocycles. The first-order valence-electron chi connectivity index (χ1n) is 11.4. The molecule has 3 heterocycles. The van der Waals surface area contributed by atoms with Crippen molar-refractivity contribution < 1.29 is 4.79 Å². The van der Waals surface area contributed by atoms with Crippen molar-refractivity contribution in [2.75, 3.05) is 18.4 Å². The third-order valence-corrected chi connectivity index (χ3v) is 7.17. The van der Waals surface area contributed by atoms with Gasteiger partial charge in [0.2, 0.25) is 5.91 Å². The fourth-order valence-corrected chi connectivity index (χ4v) is 5.20. The Morgan fingerprint density at radius 2 is 1.97 bits per heavy atom. The highest BCUT2D eigenvalue weighted by atomic mass is 32.1. The van der Waals surface area contributed by atoms with Gasteiger partial charge in [-0.15, -0.1) is 0 Å². The van der Waals surface area contributed by atoms with Gasteiger partial charge in [0.25, 0.3) is 5.56 Å². The third-order valence-electron chi connectivity index (χ3n) is 6.24. The van der Waals surface area contributed by atoms with Crippen LogP contribution in [0.2, 0.25) is 0 Å². The van der Waals surface area contributed by atoms with E-state index in [-0.39, 0.29) is 24.3 Å². The standard InChI is InChI=1S/C25H27N5O2S/c1-16-10-12-30(13-11-16)15-17-6-7-20-22(14-17)33-25(28-20)29-23(31)9-8-21-24(32)27-19-5-3-2-4-18(19)26-21/h2-7,14,16H,8-13,15H2,1H3,(H,27,32)(H,28,29,31). The molecule has 8 heteroatoms. The number of nitrogens with one attached hydrogen (secondary N) is 2. The number of likely N-dealkylation sites (tertiary alicyclic amines) is 1. The number of rotatable bonds is 6. The van der Waals surface area contributed by atoms with Gasteiger partial charge in [0, 0.05) is 19.4 Å². The topological polar surface area (TPSA) is 91.0 Å². The highest BCUT2D eigenvalue weighted by Gasteiger charge is 2.16. The lowest BCUT2D eigenvalue weighted by Crippen LogP contribution is -2.32. The average Bonchev–Trinajstić information content (AvgIpc) is 3.20. The average molecular weight is 462 g/mol. The summed E-state index contributed by atoms with van der Waals surface area (Å²) >= 11 is 1.48. The Morgan fingerprint density at radius 1 is 1.15 bits per heavy atom. The Kier molecular flexibility index (Phi) is 6.20. The van der Waals surface area contributed by atoms with E-state index in [4.69, 9.17) is 0 Å². The van der Waals surface area contributed by atoms with Crippen LogP contribution in [-0.2, 0) is 17.8 Å². The number of aromatic nitrogens is 3. The van der Waals surface area contributed by atoms with Gasteiger partial charge in [0.05, 0.1) is 21.3 Å². The highest BCUT2D eigenvalue weighted by Crippen LogP contribution is 2.28. The smallest absolute Gasteiger partial charge is 0.270 e. The molecule has 4 aromatic rings. The van der Waals surface area contributed by atoms with Crippen LogP contribution in [0.15, 0.2) is 47.3 Å². The number of hydrogen-bond acceptors (Lipinski definition) is 6. The first-order chi connectivity index (χ1) is 16.0. The molecule has 1 amide bonds. The minimum Gasteiger partial charge on any atom is -0.319 e. The lowest BCUT2D eigenvalue weighted by atomic mass is 9.99. The maximum atomic E-state index is 12.5. The fraction of sp³-hybridized carbons (Fsp3) is 0.360. The molecule has 2 aromatic carbocycles. The molecule has 5 rings (SSSR count). The van der Waals surface area contributed by atoms with Crippen molar-refractivity contribution in [3.8, 4) is 0 Å². The van der Waals surface area contributed by atoms with E-state index in [1.165, 1.54) is 29.7 Å². The molecule has 170 valence electrons. The summed E-state index contributed by atoms with van der Waals surface area (Å²) < 4.78 is 1.07. The molecule has 0 spiro atoms. The van der Waals surface area contributed by atoms with E-state index in [0.717, 1.165) is 35.8 Å². The minimum absolute atomic E-state index is 0.170. The van der Waals surface area contributed by atoms with Crippen molar-refractivity contribution >= 4 is 43.6 Å². The highest BCUT2D eigenvalue weighted by molar-refractivity contribution is 7.22.